The Labute approximate surface area is 209 Å². The first-order valence-corrected chi connectivity index (χ1v) is 11.8. The highest BCUT2D eigenvalue weighted by Crippen LogP contribution is 2.39. The van der Waals surface area contributed by atoms with Crippen LogP contribution in [0.3, 0.4) is 0 Å². The van der Waals surface area contributed by atoms with Crippen molar-refractivity contribution in [1.82, 2.24) is 15.1 Å². The molecule has 36 heavy (non-hydrogen) atoms. The van der Waals surface area contributed by atoms with E-state index in [1.54, 1.807) is 35.2 Å². The molecule has 10 heteroatoms. The Balaban J connectivity index is 1.57. The number of amides is 3. The second-order valence-electron chi connectivity index (χ2n) is 8.74. The molecular weight excluding hydrogens is 469 g/mol. The van der Waals surface area contributed by atoms with E-state index in [2.05, 4.69) is 5.32 Å². The highest BCUT2D eigenvalue weighted by molar-refractivity contribution is 5.99. The van der Waals surface area contributed by atoms with Crippen molar-refractivity contribution in [2.24, 2.45) is 0 Å². The third kappa shape index (κ3) is 5.05. The molecule has 1 unspecified atom stereocenters. The summed E-state index contributed by atoms with van der Waals surface area (Å²) >= 11 is 0. The Morgan fingerprint density at radius 2 is 1.83 bits per heavy atom. The first kappa shape index (κ1) is 25.6. The Bertz CT molecular complexity index is 1120. The van der Waals surface area contributed by atoms with Crippen LogP contribution in [0.25, 0.3) is 0 Å². The van der Waals surface area contributed by atoms with Crippen LogP contribution >= 0.6 is 0 Å². The molecule has 3 amide bonds. The molecule has 9 nitrogen and oxygen atoms in total. The summed E-state index contributed by atoms with van der Waals surface area (Å²) in [6, 6.07) is 11.7. The molecule has 192 valence electrons. The lowest BCUT2D eigenvalue weighted by atomic mass is 9.96. The van der Waals surface area contributed by atoms with Gasteiger partial charge < -0.3 is 24.4 Å². The molecule has 0 aromatic heterocycles. The van der Waals surface area contributed by atoms with Gasteiger partial charge in [-0.3, -0.25) is 19.3 Å². The minimum absolute atomic E-state index is 0.000464. The summed E-state index contributed by atoms with van der Waals surface area (Å²) in [7, 11) is 3.05. The molecule has 0 radical (unpaired) electrons. The summed E-state index contributed by atoms with van der Waals surface area (Å²) in [6.07, 6.45) is 0.565. The van der Waals surface area contributed by atoms with Crippen LogP contribution in [0.5, 0.6) is 5.75 Å². The number of carbonyl (C=O) groups is 3. The monoisotopic (exact) mass is 499 g/mol. The summed E-state index contributed by atoms with van der Waals surface area (Å²) in [5.74, 6) is -1.19. The van der Waals surface area contributed by atoms with E-state index < -0.39 is 23.5 Å². The number of ether oxygens (including phenoxy) is 3. The maximum atomic E-state index is 14.2. The number of nitrogens with zero attached hydrogens (tertiary/aromatic N) is 2. The smallest absolute Gasteiger partial charge is 0.257 e. The van der Waals surface area contributed by atoms with Crippen LogP contribution < -0.4 is 10.1 Å². The van der Waals surface area contributed by atoms with Crippen LogP contribution in [0.2, 0.25) is 0 Å². The van der Waals surface area contributed by atoms with Crippen molar-refractivity contribution in [3.63, 3.8) is 0 Å². The molecule has 0 aliphatic carbocycles. The summed E-state index contributed by atoms with van der Waals surface area (Å²) < 4.78 is 30.6. The highest BCUT2D eigenvalue weighted by Gasteiger charge is 2.54. The van der Waals surface area contributed by atoms with Crippen molar-refractivity contribution in [3.8, 4) is 5.75 Å². The number of benzene rings is 2. The average molecular weight is 500 g/mol. The van der Waals surface area contributed by atoms with Gasteiger partial charge in [-0.05, 0) is 30.3 Å². The third-order valence-electron chi connectivity index (χ3n) is 6.64. The van der Waals surface area contributed by atoms with Crippen LogP contribution in [0.1, 0.15) is 33.6 Å². The third-order valence-corrected chi connectivity index (χ3v) is 6.64. The Morgan fingerprint density at radius 3 is 2.53 bits per heavy atom. The number of rotatable bonds is 7. The van der Waals surface area contributed by atoms with Crippen molar-refractivity contribution < 1.29 is 33.0 Å². The predicted molar refractivity (Wildman–Crippen MR) is 128 cm³/mol. The standard InChI is InChI=1S/C26H30FN3O6/c1-34-15-12-28-23(31)22-17-36-26(30(22)24(32)18-6-5-7-19(16-18)35-2)10-13-29(14-11-26)25(33)20-8-3-4-9-21(20)27/h3-9,16,22H,10-15,17H2,1-2H3,(H,28,31). The van der Waals surface area contributed by atoms with Gasteiger partial charge in [-0.15, -0.1) is 0 Å². The van der Waals surface area contributed by atoms with E-state index in [-0.39, 0.29) is 49.9 Å². The molecule has 0 saturated carbocycles. The summed E-state index contributed by atoms with van der Waals surface area (Å²) in [6.45, 7) is 1.14. The quantitative estimate of drug-likeness (QED) is 0.586. The van der Waals surface area contributed by atoms with E-state index in [4.69, 9.17) is 14.2 Å². The fourth-order valence-electron chi connectivity index (χ4n) is 4.72. The minimum Gasteiger partial charge on any atom is -0.497 e. The van der Waals surface area contributed by atoms with Crippen molar-refractivity contribution in [3.05, 3.63) is 65.5 Å². The lowest BCUT2D eigenvalue weighted by Gasteiger charge is -2.44. The molecule has 2 fully saturated rings. The molecule has 4 rings (SSSR count). The number of piperidine rings is 1. The lowest BCUT2D eigenvalue weighted by molar-refractivity contribution is -0.128. The van der Waals surface area contributed by atoms with Crippen LogP contribution in [0, 0.1) is 5.82 Å². The fraction of sp³-hybridized carbons (Fsp3) is 0.423. The van der Waals surface area contributed by atoms with Gasteiger partial charge in [0.05, 0.1) is 25.9 Å². The zero-order valence-electron chi connectivity index (χ0n) is 20.4. The van der Waals surface area contributed by atoms with Gasteiger partial charge in [0.15, 0.2) is 0 Å². The van der Waals surface area contributed by atoms with Gasteiger partial charge in [0, 0.05) is 45.1 Å². The second kappa shape index (κ2) is 11.0. The maximum Gasteiger partial charge on any atom is 0.257 e. The number of likely N-dealkylation sites (tertiary alicyclic amines) is 1. The number of hydrogen-bond donors (Lipinski definition) is 1. The minimum atomic E-state index is -1.07. The van der Waals surface area contributed by atoms with Gasteiger partial charge >= 0.3 is 0 Å². The van der Waals surface area contributed by atoms with Crippen molar-refractivity contribution in [2.75, 3.05) is 47.1 Å². The van der Waals surface area contributed by atoms with Gasteiger partial charge in [-0.1, -0.05) is 18.2 Å². The SMILES string of the molecule is COCCNC(=O)C1COC2(CCN(C(=O)c3ccccc3F)CC2)N1C(=O)c1cccc(OC)c1. The number of methoxy groups -OCH3 is 2. The van der Waals surface area contributed by atoms with Crippen LogP contribution in [0.15, 0.2) is 48.5 Å². The maximum absolute atomic E-state index is 14.2. The summed E-state index contributed by atoms with van der Waals surface area (Å²) in [5.41, 5.74) is -0.714. The van der Waals surface area contributed by atoms with E-state index in [0.717, 1.165) is 0 Å². The van der Waals surface area contributed by atoms with Gasteiger partial charge in [-0.2, -0.15) is 0 Å². The molecule has 1 atom stereocenters. The molecule has 1 N–H and O–H groups in total. The van der Waals surface area contributed by atoms with E-state index in [1.807, 2.05) is 0 Å². The normalized spacial score (nSPS) is 18.8. The van der Waals surface area contributed by atoms with E-state index in [9.17, 15) is 18.8 Å². The molecule has 2 saturated heterocycles. The molecule has 2 aliphatic rings. The molecular formula is C26H30FN3O6. The first-order valence-electron chi connectivity index (χ1n) is 11.8. The summed E-state index contributed by atoms with van der Waals surface area (Å²) in [5, 5.41) is 2.79. The zero-order valence-corrected chi connectivity index (χ0v) is 20.4. The molecule has 2 aliphatic heterocycles. The van der Waals surface area contributed by atoms with E-state index >= 15 is 0 Å². The van der Waals surface area contributed by atoms with Crippen LogP contribution in [0.4, 0.5) is 4.39 Å². The van der Waals surface area contributed by atoms with Gasteiger partial charge in [0.1, 0.15) is 23.3 Å². The number of hydrogen-bond acceptors (Lipinski definition) is 6. The number of nitrogens with one attached hydrogen (secondary N) is 1. The average Bonchev–Trinajstić information content (AvgIpc) is 3.27. The van der Waals surface area contributed by atoms with Crippen molar-refractivity contribution >= 4 is 17.7 Å². The van der Waals surface area contributed by atoms with Crippen LogP contribution in [-0.4, -0.2) is 86.4 Å². The van der Waals surface area contributed by atoms with Gasteiger partial charge in [-0.25, -0.2) is 4.39 Å². The lowest BCUT2D eigenvalue weighted by Crippen LogP contribution is -2.60. The topological polar surface area (TPSA) is 97.4 Å². The Kier molecular flexibility index (Phi) is 7.85. The van der Waals surface area contributed by atoms with Crippen molar-refractivity contribution in [2.45, 2.75) is 24.6 Å². The molecule has 2 aromatic rings. The Hall–Kier alpha value is -3.50. The number of halogens is 1. The zero-order chi connectivity index (χ0) is 25.7. The van der Waals surface area contributed by atoms with E-state index in [0.29, 0.717) is 24.5 Å². The molecule has 1 spiro atoms. The second-order valence-corrected chi connectivity index (χ2v) is 8.74. The molecule has 2 aromatic carbocycles. The summed E-state index contributed by atoms with van der Waals surface area (Å²) in [4.78, 5) is 42.8. The van der Waals surface area contributed by atoms with Crippen molar-refractivity contribution in [1.29, 1.82) is 0 Å². The molecule has 0 bridgehead atoms. The molecule has 2 heterocycles. The Morgan fingerprint density at radius 1 is 1.08 bits per heavy atom. The predicted octanol–water partition coefficient (Wildman–Crippen LogP) is 2.07. The number of carbonyl (C=O) groups excluding carboxylic acids is 3. The fourth-order valence-corrected chi connectivity index (χ4v) is 4.72. The largest absolute Gasteiger partial charge is 0.497 e. The van der Waals surface area contributed by atoms with Crippen LogP contribution in [-0.2, 0) is 14.3 Å². The first-order chi connectivity index (χ1) is 17.4. The van der Waals surface area contributed by atoms with E-state index in [1.165, 1.54) is 37.3 Å². The highest BCUT2D eigenvalue weighted by atomic mass is 19.1. The van der Waals surface area contributed by atoms with Gasteiger partial charge in [0.2, 0.25) is 5.91 Å². The van der Waals surface area contributed by atoms with Gasteiger partial charge in [0.25, 0.3) is 11.8 Å².